The molecule has 0 bridgehead atoms. The Balaban J connectivity index is 2.05. The molecule has 1 saturated carbocycles. The number of benzene rings is 1. The Kier molecular flexibility index (Phi) is 2.13. The van der Waals surface area contributed by atoms with E-state index in [1.165, 1.54) is 42.6 Å². The normalized spacial score (nSPS) is 22.0. The Bertz CT molecular complexity index is 405. The molecule has 1 heterocycles. The van der Waals surface area contributed by atoms with Gasteiger partial charge in [-0.2, -0.15) is 0 Å². The van der Waals surface area contributed by atoms with Gasteiger partial charge in [0.25, 0.3) is 0 Å². The Morgan fingerprint density at radius 3 is 2.75 bits per heavy atom. The predicted octanol–water partition coefficient (Wildman–Crippen LogP) is 3.17. The van der Waals surface area contributed by atoms with Gasteiger partial charge < -0.3 is 10.2 Å². The van der Waals surface area contributed by atoms with E-state index in [0.717, 1.165) is 6.54 Å². The van der Waals surface area contributed by atoms with Gasteiger partial charge in [-0.25, -0.2) is 0 Å². The quantitative estimate of drug-likeness (QED) is 0.716. The minimum atomic E-state index is 0.390. The summed E-state index contributed by atoms with van der Waals surface area (Å²) in [6.45, 7) is 3.30. The first-order valence-electron chi connectivity index (χ1n) is 6.30. The van der Waals surface area contributed by atoms with E-state index in [-0.39, 0.29) is 0 Å². The summed E-state index contributed by atoms with van der Waals surface area (Å²) in [5, 5.41) is 3.65. The fourth-order valence-corrected chi connectivity index (χ4v) is 3.33. The maximum absolute atomic E-state index is 3.65. The van der Waals surface area contributed by atoms with Crippen LogP contribution in [-0.2, 0) is 0 Å². The third kappa shape index (κ3) is 1.25. The van der Waals surface area contributed by atoms with Crippen LogP contribution in [0.4, 0.5) is 11.4 Å². The lowest BCUT2D eigenvalue weighted by Gasteiger charge is -2.46. The smallest absolute Gasteiger partial charge is 0.0608 e. The van der Waals surface area contributed by atoms with Crippen LogP contribution in [0.1, 0.15) is 31.2 Å². The fraction of sp³-hybridized carbons (Fsp3) is 0.571. The summed E-state index contributed by atoms with van der Waals surface area (Å²) in [6, 6.07) is 6.60. The highest BCUT2D eigenvalue weighted by molar-refractivity contribution is 5.76. The van der Waals surface area contributed by atoms with Crippen molar-refractivity contribution in [3.63, 3.8) is 0 Å². The topological polar surface area (TPSA) is 15.3 Å². The van der Waals surface area contributed by atoms with Gasteiger partial charge in [0.1, 0.15) is 0 Å². The molecule has 0 aromatic heterocycles. The number of fused-ring (bicyclic) bond motifs is 1. The second kappa shape index (κ2) is 3.41. The molecule has 1 aliphatic heterocycles. The Morgan fingerprint density at radius 2 is 2.00 bits per heavy atom. The van der Waals surface area contributed by atoms with E-state index in [4.69, 9.17) is 0 Å². The van der Waals surface area contributed by atoms with E-state index in [1.807, 2.05) is 0 Å². The lowest BCUT2D eigenvalue weighted by molar-refractivity contribution is 0.429. The van der Waals surface area contributed by atoms with E-state index < -0.39 is 0 Å². The van der Waals surface area contributed by atoms with E-state index in [1.54, 1.807) is 0 Å². The predicted molar refractivity (Wildman–Crippen MR) is 69.3 cm³/mol. The van der Waals surface area contributed by atoms with Crippen LogP contribution in [0.15, 0.2) is 18.2 Å². The zero-order valence-corrected chi connectivity index (χ0v) is 10.2. The van der Waals surface area contributed by atoms with Crippen molar-refractivity contribution in [3.05, 3.63) is 23.8 Å². The van der Waals surface area contributed by atoms with Crippen LogP contribution in [0.25, 0.3) is 0 Å². The third-order valence-corrected chi connectivity index (χ3v) is 4.45. The van der Waals surface area contributed by atoms with Gasteiger partial charge in [-0.15, -0.1) is 0 Å². The highest BCUT2D eigenvalue weighted by Gasteiger charge is 2.41. The molecule has 1 aliphatic carbocycles. The molecule has 2 aliphatic rings. The van der Waals surface area contributed by atoms with E-state index in [9.17, 15) is 0 Å². The van der Waals surface area contributed by atoms with Gasteiger partial charge in [-0.05, 0) is 31.4 Å². The minimum Gasteiger partial charge on any atom is -0.381 e. The number of likely N-dealkylation sites (N-methyl/N-ethyl adjacent to an activating group) is 1. The van der Waals surface area contributed by atoms with Crippen LogP contribution < -0.4 is 10.2 Å². The Labute approximate surface area is 97.6 Å². The molecule has 1 aromatic carbocycles. The molecular formula is C14H20N2. The van der Waals surface area contributed by atoms with Gasteiger partial charge in [-0.1, -0.05) is 25.0 Å². The maximum Gasteiger partial charge on any atom is 0.0608 e. The van der Waals surface area contributed by atoms with Crippen molar-refractivity contribution in [2.24, 2.45) is 0 Å². The van der Waals surface area contributed by atoms with Gasteiger partial charge in [0.15, 0.2) is 0 Å². The highest BCUT2D eigenvalue weighted by atomic mass is 15.2. The van der Waals surface area contributed by atoms with Crippen LogP contribution in [0, 0.1) is 6.92 Å². The summed E-state index contributed by atoms with van der Waals surface area (Å²) in [4.78, 5) is 2.53. The van der Waals surface area contributed by atoms with Gasteiger partial charge >= 0.3 is 0 Å². The lowest BCUT2D eigenvalue weighted by atomic mass is 9.91. The zero-order valence-electron chi connectivity index (χ0n) is 10.2. The van der Waals surface area contributed by atoms with Crippen LogP contribution in [0.5, 0.6) is 0 Å². The van der Waals surface area contributed by atoms with E-state index in [2.05, 4.69) is 42.4 Å². The van der Waals surface area contributed by atoms with Crippen LogP contribution >= 0.6 is 0 Å². The number of nitrogens with one attached hydrogen (secondary N) is 1. The number of para-hydroxylation sites is 1. The third-order valence-electron chi connectivity index (χ3n) is 4.45. The molecular weight excluding hydrogens is 196 g/mol. The van der Waals surface area contributed by atoms with Crippen LogP contribution in [0.3, 0.4) is 0 Å². The monoisotopic (exact) mass is 216 g/mol. The first-order chi connectivity index (χ1) is 7.73. The van der Waals surface area contributed by atoms with Gasteiger partial charge in [0.2, 0.25) is 0 Å². The molecule has 2 heteroatoms. The van der Waals surface area contributed by atoms with Crippen molar-refractivity contribution in [1.29, 1.82) is 0 Å². The summed E-state index contributed by atoms with van der Waals surface area (Å²) in [7, 11) is 2.27. The van der Waals surface area contributed by atoms with Crippen molar-refractivity contribution in [1.82, 2.24) is 0 Å². The Hall–Kier alpha value is -1.18. The molecule has 0 unspecified atom stereocenters. The average Bonchev–Trinajstić information content (AvgIpc) is 2.75. The number of anilines is 2. The molecule has 1 aromatic rings. The second-order valence-corrected chi connectivity index (χ2v) is 5.31. The summed E-state index contributed by atoms with van der Waals surface area (Å²) >= 11 is 0. The summed E-state index contributed by atoms with van der Waals surface area (Å²) in [5.41, 5.74) is 4.47. The SMILES string of the molecule is Cc1cccc2c1NCC1(CCCC1)N2C. The lowest BCUT2D eigenvalue weighted by Crippen LogP contribution is -2.52. The number of hydrogen-bond acceptors (Lipinski definition) is 2. The van der Waals surface area contributed by atoms with Crippen LogP contribution in [-0.4, -0.2) is 19.1 Å². The molecule has 3 rings (SSSR count). The molecule has 16 heavy (non-hydrogen) atoms. The number of hydrogen-bond donors (Lipinski definition) is 1. The molecule has 1 spiro atoms. The summed E-state index contributed by atoms with van der Waals surface area (Å²) < 4.78 is 0. The van der Waals surface area contributed by atoms with Crippen molar-refractivity contribution in [2.45, 2.75) is 38.1 Å². The van der Waals surface area contributed by atoms with Gasteiger partial charge in [0, 0.05) is 13.6 Å². The van der Waals surface area contributed by atoms with E-state index >= 15 is 0 Å². The standard InChI is InChI=1S/C14H20N2/c1-11-6-5-7-12-13(11)15-10-14(16(12)2)8-3-4-9-14/h5-7,15H,3-4,8-10H2,1-2H3. The first-order valence-corrected chi connectivity index (χ1v) is 6.30. The van der Waals surface area contributed by atoms with Crippen molar-refractivity contribution in [3.8, 4) is 0 Å². The maximum atomic E-state index is 3.65. The second-order valence-electron chi connectivity index (χ2n) is 5.31. The van der Waals surface area contributed by atoms with Crippen molar-refractivity contribution < 1.29 is 0 Å². The average molecular weight is 216 g/mol. The summed E-state index contributed by atoms with van der Waals surface area (Å²) in [5.74, 6) is 0. The molecule has 0 radical (unpaired) electrons. The first kappa shape index (κ1) is 10.0. The van der Waals surface area contributed by atoms with Crippen molar-refractivity contribution >= 4 is 11.4 Å². The number of aryl methyl sites for hydroxylation is 1. The molecule has 0 atom stereocenters. The largest absolute Gasteiger partial charge is 0.381 e. The molecule has 2 nitrogen and oxygen atoms in total. The fourth-order valence-electron chi connectivity index (χ4n) is 3.33. The number of nitrogens with zero attached hydrogens (tertiary/aromatic N) is 1. The van der Waals surface area contributed by atoms with Crippen LogP contribution in [0.2, 0.25) is 0 Å². The molecule has 0 saturated heterocycles. The summed E-state index contributed by atoms with van der Waals surface area (Å²) in [6.07, 6.45) is 5.44. The molecule has 0 amide bonds. The van der Waals surface area contributed by atoms with Gasteiger partial charge in [-0.3, -0.25) is 0 Å². The van der Waals surface area contributed by atoms with E-state index in [0.29, 0.717) is 5.54 Å². The number of rotatable bonds is 0. The minimum absolute atomic E-state index is 0.390. The molecule has 1 N–H and O–H groups in total. The molecule has 86 valence electrons. The highest BCUT2D eigenvalue weighted by Crippen LogP contribution is 2.44. The van der Waals surface area contributed by atoms with Gasteiger partial charge in [0.05, 0.1) is 16.9 Å². The zero-order chi connectivity index (χ0) is 11.2. The van der Waals surface area contributed by atoms with Crippen molar-refractivity contribution in [2.75, 3.05) is 23.8 Å². The Morgan fingerprint density at radius 1 is 1.25 bits per heavy atom. The molecule has 1 fully saturated rings.